The van der Waals surface area contributed by atoms with Crippen LogP contribution in [0.5, 0.6) is 0 Å². The van der Waals surface area contributed by atoms with Gasteiger partial charge in [0.05, 0.1) is 11.1 Å². The van der Waals surface area contributed by atoms with Gasteiger partial charge in [-0.2, -0.15) is 13.2 Å². The van der Waals surface area contributed by atoms with Crippen molar-refractivity contribution in [1.82, 2.24) is 5.32 Å². The number of halogens is 3. The molecule has 0 aliphatic carbocycles. The molecule has 1 aromatic carbocycles. The van der Waals surface area contributed by atoms with Gasteiger partial charge in [-0.1, -0.05) is 12.1 Å². The van der Waals surface area contributed by atoms with Crippen LogP contribution in [0.4, 0.5) is 18.0 Å². The van der Waals surface area contributed by atoms with Crippen molar-refractivity contribution in [3.63, 3.8) is 0 Å². The molecule has 0 aromatic heterocycles. The summed E-state index contributed by atoms with van der Waals surface area (Å²) in [7, 11) is 0. The van der Waals surface area contributed by atoms with Crippen LogP contribution in [0.25, 0.3) is 0 Å². The van der Waals surface area contributed by atoms with Gasteiger partial charge in [-0.25, -0.2) is 0 Å². The van der Waals surface area contributed by atoms with Gasteiger partial charge in [0.25, 0.3) is 5.91 Å². The van der Waals surface area contributed by atoms with E-state index in [1.807, 2.05) is 0 Å². The molecular formula is C9H5F3NO3-. The number of rotatable bonds is 1. The van der Waals surface area contributed by atoms with Crippen molar-refractivity contribution in [1.29, 1.82) is 0 Å². The molecule has 0 atom stereocenters. The normalized spacial score (nSPS) is 10.9. The van der Waals surface area contributed by atoms with Crippen LogP contribution in [0.15, 0.2) is 24.3 Å². The Kier molecular flexibility index (Phi) is 3.17. The monoisotopic (exact) mass is 232 g/mol. The van der Waals surface area contributed by atoms with Gasteiger partial charge in [0, 0.05) is 0 Å². The molecule has 0 bridgehead atoms. The van der Waals surface area contributed by atoms with Gasteiger partial charge in [0.2, 0.25) is 0 Å². The Balaban J connectivity index is 3.14. The molecule has 0 radical (unpaired) electrons. The van der Waals surface area contributed by atoms with Crippen LogP contribution in [0.3, 0.4) is 0 Å². The Bertz CT molecular complexity index is 428. The summed E-state index contributed by atoms with van der Waals surface area (Å²) in [5.74, 6) is -1.37. The van der Waals surface area contributed by atoms with Gasteiger partial charge in [-0.05, 0) is 12.1 Å². The largest absolute Gasteiger partial charge is 0.530 e. The van der Waals surface area contributed by atoms with Crippen molar-refractivity contribution in [2.24, 2.45) is 0 Å². The first-order valence-corrected chi connectivity index (χ1v) is 4.01. The highest BCUT2D eigenvalue weighted by Crippen LogP contribution is 2.31. The molecule has 0 spiro atoms. The second-order valence-electron chi connectivity index (χ2n) is 2.78. The Morgan fingerprint density at radius 2 is 1.75 bits per heavy atom. The maximum atomic E-state index is 12.4. The van der Waals surface area contributed by atoms with Crippen LogP contribution in [0.2, 0.25) is 0 Å². The van der Waals surface area contributed by atoms with Crippen molar-refractivity contribution >= 4 is 12.0 Å². The molecule has 0 saturated carbocycles. The quantitative estimate of drug-likeness (QED) is 0.777. The van der Waals surface area contributed by atoms with E-state index in [-0.39, 0.29) is 0 Å². The summed E-state index contributed by atoms with van der Waals surface area (Å²) in [5.41, 5.74) is -1.96. The van der Waals surface area contributed by atoms with Crippen molar-refractivity contribution in [3.8, 4) is 0 Å². The lowest BCUT2D eigenvalue weighted by Gasteiger charge is -2.12. The topological polar surface area (TPSA) is 69.2 Å². The summed E-state index contributed by atoms with van der Waals surface area (Å²) in [6.07, 6.45) is -6.68. The number of hydrogen-bond donors (Lipinski definition) is 1. The van der Waals surface area contributed by atoms with E-state index in [1.165, 1.54) is 11.4 Å². The van der Waals surface area contributed by atoms with Crippen molar-refractivity contribution in [2.45, 2.75) is 6.18 Å². The fourth-order valence-corrected chi connectivity index (χ4v) is 1.09. The van der Waals surface area contributed by atoms with Crippen LogP contribution in [-0.2, 0) is 6.18 Å². The van der Waals surface area contributed by atoms with Crippen LogP contribution in [0.1, 0.15) is 15.9 Å². The molecule has 0 aliphatic heterocycles. The van der Waals surface area contributed by atoms with E-state index in [9.17, 15) is 27.9 Å². The lowest BCUT2D eigenvalue weighted by atomic mass is 10.1. The Labute approximate surface area is 87.7 Å². The zero-order valence-corrected chi connectivity index (χ0v) is 7.67. The van der Waals surface area contributed by atoms with E-state index in [2.05, 4.69) is 0 Å². The third-order valence-corrected chi connectivity index (χ3v) is 1.69. The minimum Gasteiger partial charge on any atom is -0.530 e. The minimum absolute atomic E-state index is 0.685. The maximum Gasteiger partial charge on any atom is 0.417 e. The Hall–Kier alpha value is -2.05. The number of amides is 2. The predicted molar refractivity (Wildman–Crippen MR) is 44.3 cm³/mol. The highest BCUT2D eigenvalue weighted by atomic mass is 19.4. The van der Waals surface area contributed by atoms with E-state index in [1.54, 1.807) is 0 Å². The first kappa shape index (κ1) is 12.0. The number of alkyl halides is 3. The zero-order chi connectivity index (χ0) is 12.3. The van der Waals surface area contributed by atoms with Gasteiger partial charge in [-0.3, -0.25) is 4.79 Å². The molecule has 0 fully saturated rings. The fourth-order valence-electron chi connectivity index (χ4n) is 1.09. The summed E-state index contributed by atoms with van der Waals surface area (Å²) in [5, 5.41) is 11.3. The number of carbonyl (C=O) groups is 2. The van der Waals surface area contributed by atoms with Gasteiger partial charge < -0.3 is 15.2 Å². The lowest BCUT2D eigenvalue weighted by molar-refractivity contribution is -0.249. The molecule has 0 aliphatic rings. The molecule has 4 nitrogen and oxygen atoms in total. The molecular weight excluding hydrogens is 227 g/mol. The van der Waals surface area contributed by atoms with Crippen molar-refractivity contribution in [3.05, 3.63) is 35.4 Å². The molecule has 0 saturated heterocycles. The number of hydrogen-bond acceptors (Lipinski definition) is 3. The molecule has 16 heavy (non-hydrogen) atoms. The Morgan fingerprint density at radius 1 is 1.19 bits per heavy atom. The van der Waals surface area contributed by atoms with Crippen molar-refractivity contribution < 1.29 is 27.9 Å². The molecule has 1 rings (SSSR count). The lowest BCUT2D eigenvalue weighted by Crippen LogP contribution is -2.41. The third-order valence-electron chi connectivity index (χ3n) is 1.69. The van der Waals surface area contributed by atoms with E-state index in [0.717, 1.165) is 12.1 Å². The summed E-state index contributed by atoms with van der Waals surface area (Å²) in [4.78, 5) is 21.1. The maximum absolute atomic E-state index is 12.4. The standard InChI is InChI=1S/C9H6F3NO3/c10-9(11,12)6-4-2-1-3-5(6)7(14)13-8(15)16/h1-4H,(H,13,14)(H,15,16)/p-1. The van der Waals surface area contributed by atoms with Crippen LogP contribution in [-0.4, -0.2) is 12.0 Å². The molecule has 1 aromatic rings. The number of carboxylic acid groups (broad SMARTS) is 1. The highest BCUT2D eigenvalue weighted by Gasteiger charge is 2.34. The van der Waals surface area contributed by atoms with E-state index >= 15 is 0 Å². The third kappa shape index (κ3) is 2.72. The van der Waals surface area contributed by atoms with Gasteiger partial charge in [0.15, 0.2) is 0 Å². The molecule has 86 valence electrons. The fraction of sp³-hybridized carbons (Fsp3) is 0.111. The van der Waals surface area contributed by atoms with Crippen LogP contribution < -0.4 is 10.4 Å². The molecule has 7 heteroatoms. The second-order valence-corrected chi connectivity index (χ2v) is 2.78. The predicted octanol–water partition coefficient (Wildman–Crippen LogP) is 0.778. The van der Waals surface area contributed by atoms with Crippen LogP contribution in [0, 0.1) is 0 Å². The smallest absolute Gasteiger partial charge is 0.417 e. The van der Waals surface area contributed by atoms with Gasteiger partial charge in [0.1, 0.15) is 6.09 Å². The molecule has 1 N–H and O–H groups in total. The number of nitrogens with one attached hydrogen (secondary N) is 1. The summed E-state index contributed by atoms with van der Waals surface area (Å²) in [6, 6.07) is 3.85. The molecule has 0 heterocycles. The highest BCUT2D eigenvalue weighted by molar-refractivity contribution is 6.03. The molecule has 2 amide bonds. The average Bonchev–Trinajstić information content (AvgIpc) is 2.15. The number of carbonyl (C=O) groups excluding carboxylic acids is 2. The zero-order valence-electron chi connectivity index (χ0n) is 7.67. The number of imide groups is 1. The summed E-state index contributed by atoms with van der Waals surface area (Å²) < 4.78 is 37.2. The van der Waals surface area contributed by atoms with Gasteiger partial charge >= 0.3 is 6.18 Å². The summed E-state index contributed by atoms with van der Waals surface area (Å²) >= 11 is 0. The average molecular weight is 232 g/mol. The molecule has 0 unspecified atom stereocenters. The first-order chi connectivity index (χ1) is 7.32. The minimum atomic E-state index is -4.72. The Morgan fingerprint density at radius 3 is 2.25 bits per heavy atom. The SMILES string of the molecule is O=C([O-])NC(=O)c1ccccc1C(F)(F)F. The van der Waals surface area contributed by atoms with E-state index in [0.29, 0.717) is 6.07 Å². The van der Waals surface area contributed by atoms with E-state index in [4.69, 9.17) is 0 Å². The second kappa shape index (κ2) is 4.21. The summed E-state index contributed by atoms with van der Waals surface area (Å²) in [6.45, 7) is 0. The van der Waals surface area contributed by atoms with Crippen molar-refractivity contribution in [2.75, 3.05) is 0 Å². The first-order valence-electron chi connectivity index (χ1n) is 4.01. The van der Waals surface area contributed by atoms with E-state index < -0.39 is 29.3 Å². The number of benzene rings is 1. The van der Waals surface area contributed by atoms with Crippen LogP contribution >= 0.6 is 0 Å². The van der Waals surface area contributed by atoms with Gasteiger partial charge in [-0.15, -0.1) is 0 Å².